The molecule has 4 aromatic rings. The Morgan fingerprint density at radius 1 is 0.962 bits per heavy atom. The van der Waals surface area contributed by atoms with Gasteiger partial charge in [-0.3, -0.25) is 9.78 Å². The zero-order valence-electron chi connectivity index (χ0n) is 14.1. The Bertz CT molecular complexity index is 1170. The molecule has 26 heavy (non-hydrogen) atoms. The number of fused-ring (bicyclic) bond motifs is 2. The van der Waals surface area contributed by atoms with Crippen molar-refractivity contribution in [3.63, 3.8) is 0 Å². The SMILES string of the molecule is O=c1[nH]c(C2CCCN2c2cnc3ccccc3n2)nc2ccccc12. The number of hydrogen-bond donors (Lipinski definition) is 1. The van der Waals surface area contributed by atoms with Crippen LogP contribution in [0.15, 0.2) is 59.5 Å². The Morgan fingerprint density at radius 3 is 2.62 bits per heavy atom. The molecule has 1 fully saturated rings. The Hall–Kier alpha value is -3.28. The summed E-state index contributed by atoms with van der Waals surface area (Å²) in [6.07, 6.45) is 3.76. The molecular formula is C20H17N5O. The first kappa shape index (κ1) is 15.0. The van der Waals surface area contributed by atoms with Crippen molar-refractivity contribution in [1.82, 2.24) is 19.9 Å². The van der Waals surface area contributed by atoms with Crippen LogP contribution in [0.1, 0.15) is 24.7 Å². The highest BCUT2D eigenvalue weighted by molar-refractivity contribution is 5.77. The first-order valence-electron chi connectivity index (χ1n) is 8.77. The number of aromatic amines is 1. The monoisotopic (exact) mass is 343 g/mol. The third kappa shape index (κ3) is 2.42. The summed E-state index contributed by atoms with van der Waals surface area (Å²) >= 11 is 0. The number of H-pyrrole nitrogens is 1. The van der Waals surface area contributed by atoms with Gasteiger partial charge in [-0.05, 0) is 37.1 Å². The molecule has 0 radical (unpaired) electrons. The predicted octanol–water partition coefficient (Wildman–Crippen LogP) is 3.21. The highest BCUT2D eigenvalue weighted by Gasteiger charge is 2.29. The maximum atomic E-state index is 12.4. The highest BCUT2D eigenvalue weighted by Crippen LogP contribution is 2.33. The van der Waals surface area contributed by atoms with E-state index in [0.29, 0.717) is 11.2 Å². The van der Waals surface area contributed by atoms with Crippen molar-refractivity contribution in [2.75, 3.05) is 11.4 Å². The fourth-order valence-corrected chi connectivity index (χ4v) is 3.67. The molecule has 1 N–H and O–H groups in total. The van der Waals surface area contributed by atoms with Gasteiger partial charge in [-0.25, -0.2) is 9.97 Å². The van der Waals surface area contributed by atoms with Crippen LogP contribution in [-0.2, 0) is 0 Å². The molecule has 0 spiro atoms. The van der Waals surface area contributed by atoms with Gasteiger partial charge in [0.15, 0.2) is 0 Å². The van der Waals surface area contributed by atoms with Gasteiger partial charge >= 0.3 is 0 Å². The van der Waals surface area contributed by atoms with Gasteiger partial charge in [0.05, 0.1) is 34.2 Å². The van der Waals surface area contributed by atoms with Crippen molar-refractivity contribution in [3.8, 4) is 0 Å². The minimum atomic E-state index is -0.0953. The molecular weight excluding hydrogens is 326 g/mol. The third-order valence-electron chi connectivity index (χ3n) is 4.93. The summed E-state index contributed by atoms with van der Waals surface area (Å²) < 4.78 is 0. The molecule has 0 saturated carbocycles. The molecule has 2 aromatic carbocycles. The zero-order valence-corrected chi connectivity index (χ0v) is 14.1. The second-order valence-corrected chi connectivity index (χ2v) is 6.54. The normalized spacial score (nSPS) is 17.2. The van der Waals surface area contributed by atoms with Crippen molar-refractivity contribution in [2.24, 2.45) is 0 Å². The second kappa shape index (κ2) is 5.91. The molecule has 1 unspecified atom stereocenters. The molecule has 1 atom stereocenters. The number of nitrogens with one attached hydrogen (secondary N) is 1. The molecule has 1 saturated heterocycles. The van der Waals surface area contributed by atoms with E-state index in [0.717, 1.165) is 41.8 Å². The minimum Gasteiger partial charge on any atom is -0.345 e. The molecule has 0 aliphatic carbocycles. The Morgan fingerprint density at radius 2 is 1.73 bits per heavy atom. The summed E-state index contributed by atoms with van der Waals surface area (Å²) in [6.45, 7) is 0.869. The molecule has 5 rings (SSSR count). The van der Waals surface area contributed by atoms with Gasteiger partial charge in [-0.1, -0.05) is 24.3 Å². The average molecular weight is 343 g/mol. The average Bonchev–Trinajstić information content (AvgIpc) is 3.17. The van der Waals surface area contributed by atoms with Crippen LogP contribution in [0.5, 0.6) is 0 Å². The van der Waals surface area contributed by atoms with Gasteiger partial charge < -0.3 is 9.88 Å². The van der Waals surface area contributed by atoms with E-state index in [2.05, 4.69) is 14.9 Å². The fourth-order valence-electron chi connectivity index (χ4n) is 3.67. The second-order valence-electron chi connectivity index (χ2n) is 6.54. The lowest BCUT2D eigenvalue weighted by Crippen LogP contribution is -2.27. The highest BCUT2D eigenvalue weighted by atomic mass is 16.1. The van der Waals surface area contributed by atoms with Gasteiger partial charge in [0.2, 0.25) is 0 Å². The van der Waals surface area contributed by atoms with Gasteiger partial charge in [0.1, 0.15) is 11.6 Å². The molecule has 128 valence electrons. The third-order valence-corrected chi connectivity index (χ3v) is 4.93. The topological polar surface area (TPSA) is 74.8 Å². The maximum Gasteiger partial charge on any atom is 0.258 e. The minimum absolute atomic E-state index is 0.00256. The van der Waals surface area contributed by atoms with Crippen LogP contribution >= 0.6 is 0 Å². The van der Waals surface area contributed by atoms with Crippen LogP contribution in [-0.4, -0.2) is 26.5 Å². The lowest BCUT2D eigenvalue weighted by atomic mass is 10.2. The molecule has 1 aliphatic heterocycles. The van der Waals surface area contributed by atoms with Gasteiger partial charge in [-0.2, -0.15) is 0 Å². The fraction of sp³-hybridized carbons (Fsp3) is 0.200. The predicted molar refractivity (Wildman–Crippen MR) is 101 cm³/mol. The molecule has 0 amide bonds. The van der Waals surface area contributed by atoms with Crippen LogP contribution in [0.2, 0.25) is 0 Å². The summed E-state index contributed by atoms with van der Waals surface area (Å²) in [7, 11) is 0. The van der Waals surface area contributed by atoms with E-state index < -0.39 is 0 Å². The quantitative estimate of drug-likeness (QED) is 0.605. The standard InChI is InChI=1S/C20H17N5O/c26-20-13-6-1-2-7-14(13)23-19(24-20)17-10-5-11-25(17)18-12-21-15-8-3-4-9-16(15)22-18/h1-4,6-9,12,17H,5,10-11H2,(H,23,24,26). The van der Waals surface area contributed by atoms with Crippen molar-refractivity contribution < 1.29 is 0 Å². The first-order valence-corrected chi connectivity index (χ1v) is 8.77. The smallest absolute Gasteiger partial charge is 0.258 e. The van der Waals surface area contributed by atoms with E-state index in [9.17, 15) is 4.79 Å². The number of benzene rings is 2. The Balaban J connectivity index is 1.59. The number of nitrogens with zero attached hydrogens (tertiary/aromatic N) is 4. The van der Waals surface area contributed by atoms with Gasteiger partial charge in [0, 0.05) is 6.54 Å². The summed E-state index contributed by atoms with van der Waals surface area (Å²) in [6, 6.07) is 15.3. The summed E-state index contributed by atoms with van der Waals surface area (Å²) in [5, 5.41) is 0.617. The summed E-state index contributed by atoms with van der Waals surface area (Å²) in [5.74, 6) is 1.52. The van der Waals surface area contributed by atoms with E-state index in [-0.39, 0.29) is 11.6 Å². The van der Waals surface area contributed by atoms with E-state index in [4.69, 9.17) is 9.97 Å². The lowest BCUT2D eigenvalue weighted by molar-refractivity contribution is 0.661. The van der Waals surface area contributed by atoms with Crippen molar-refractivity contribution in [2.45, 2.75) is 18.9 Å². The number of anilines is 1. The van der Waals surface area contributed by atoms with Gasteiger partial charge in [0.25, 0.3) is 5.56 Å². The van der Waals surface area contributed by atoms with E-state index >= 15 is 0 Å². The van der Waals surface area contributed by atoms with E-state index in [1.807, 2.05) is 42.5 Å². The van der Waals surface area contributed by atoms with Crippen LogP contribution in [0.3, 0.4) is 0 Å². The van der Waals surface area contributed by atoms with Crippen LogP contribution < -0.4 is 10.5 Å². The summed E-state index contributed by atoms with van der Waals surface area (Å²) in [4.78, 5) is 31.6. The van der Waals surface area contributed by atoms with Crippen molar-refractivity contribution >= 4 is 27.8 Å². The summed E-state index contributed by atoms with van der Waals surface area (Å²) in [5.41, 5.74) is 2.38. The molecule has 1 aliphatic rings. The van der Waals surface area contributed by atoms with Crippen LogP contribution in [0.4, 0.5) is 5.82 Å². The Kier molecular flexibility index (Phi) is 3.41. The maximum absolute atomic E-state index is 12.4. The lowest BCUT2D eigenvalue weighted by Gasteiger charge is -2.25. The zero-order chi connectivity index (χ0) is 17.5. The molecule has 0 bridgehead atoms. The Labute approximate surface area is 149 Å². The number of para-hydroxylation sites is 3. The first-order chi connectivity index (χ1) is 12.8. The largest absolute Gasteiger partial charge is 0.345 e. The molecule has 6 heteroatoms. The van der Waals surface area contributed by atoms with Crippen LogP contribution in [0, 0.1) is 0 Å². The van der Waals surface area contributed by atoms with Gasteiger partial charge in [-0.15, -0.1) is 0 Å². The van der Waals surface area contributed by atoms with Crippen LogP contribution in [0.25, 0.3) is 21.9 Å². The molecule has 3 heterocycles. The molecule has 6 nitrogen and oxygen atoms in total. The number of hydrogen-bond acceptors (Lipinski definition) is 5. The molecule has 2 aromatic heterocycles. The van der Waals surface area contributed by atoms with Crippen molar-refractivity contribution in [1.29, 1.82) is 0 Å². The number of rotatable bonds is 2. The van der Waals surface area contributed by atoms with E-state index in [1.54, 1.807) is 12.3 Å². The number of aromatic nitrogens is 4. The van der Waals surface area contributed by atoms with Crippen molar-refractivity contribution in [3.05, 3.63) is 70.9 Å². The van der Waals surface area contributed by atoms with E-state index in [1.165, 1.54) is 0 Å².